The zero-order chi connectivity index (χ0) is 22.9. The van der Waals surface area contributed by atoms with Crippen LogP contribution in [0, 0.1) is 5.92 Å². The summed E-state index contributed by atoms with van der Waals surface area (Å²) in [5.74, 6) is 0.907. The Bertz CT molecular complexity index is 1430. The molecule has 0 radical (unpaired) electrons. The molecule has 0 nitrogen and oxygen atoms in total. The molecule has 0 fully saturated rings. The standard InChI is InChI=1S/C19H13.C9H13.2CH3.H2Si.Zr/c1-2-6-14(7-3-1)18-11-10-17-12-15-8-4-5-9-16(15)13-19(17)18;1-6-5-7(2)9(4)8(6)3;;;;/h1-9,11-13,18H;6H,1-4H3;2*1H3;1H2;. The zero-order valence-electron chi connectivity index (χ0n) is 20.3. The SMILES string of the molecule is CC1=C(C)C(C)[C]([Zr]([CH3])([CH3])(=[SiH2])[C]2=CC(c3ccccc3)c3cc4ccccc4cc32)=C1C. The quantitative estimate of drug-likeness (QED) is 0.312. The van der Waals surface area contributed by atoms with Crippen LogP contribution in [0.4, 0.5) is 0 Å². The Morgan fingerprint density at radius 3 is 1.97 bits per heavy atom. The fourth-order valence-electron chi connectivity index (χ4n) is 6.53. The Morgan fingerprint density at radius 1 is 0.781 bits per heavy atom. The first-order valence-corrected chi connectivity index (χ1v) is 25.1. The van der Waals surface area contributed by atoms with Crippen LogP contribution in [0.5, 0.6) is 0 Å². The molecule has 0 saturated heterocycles. The zero-order valence-corrected chi connectivity index (χ0v) is 24.2. The fourth-order valence-corrected chi connectivity index (χ4v) is 24.2. The molecule has 2 heteroatoms. The molecule has 2 aliphatic carbocycles. The van der Waals surface area contributed by atoms with E-state index in [1.807, 2.05) is 0 Å². The van der Waals surface area contributed by atoms with E-state index in [0.717, 1.165) is 0 Å². The van der Waals surface area contributed by atoms with Gasteiger partial charge in [0.05, 0.1) is 0 Å². The Morgan fingerprint density at radius 2 is 1.38 bits per heavy atom. The molecule has 0 spiro atoms. The van der Waals surface area contributed by atoms with E-state index in [2.05, 4.69) is 117 Å². The van der Waals surface area contributed by atoms with Gasteiger partial charge in [0.2, 0.25) is 0 Å². The van der Waals surface area contributed by atoms with E-state index in [1.54, 1.807) is 17.7 Å². The molecule has 0 heterocycles. The normalized spacial score (nSPS) is 21.4. The van der Waals surface area contributed by atoms with Crippen molar-refractivity contribution in [2.24, 2.45) is 5.92 Å². The first-order valence-electron chi connectivity index (χ1n) is 11.9. The van der Waals surface area contributed by atoms with Gasteiger partial charge in [-0.15, -0.1) is 0 Å². The molecule has 0 N–H and O–H groups in total. The van der Waals surface area contributed by atoms with Crippen molar-refractivity contribution in [1.29, 1.82) is 0 Å². The minimum atomic E-state index is -3.46. The predicted octanol–water partition coefficient (Wildman–Crippen LogP) is 7.92. The van der Waals surface area contributed by atoms with E-state index in [9.17, 15) is 0 Å². The van der Waals surface area contributed by atoms with Gasteiger partial charge in [-0.05, 0) is 0 Å². The molecule has 2 unspecified atom stereocenters. The van der Waals surface area contributed by atoms with Crippen LogP contribution in [-0.4, -0.2) is 6.88 Å². The van der Waals surface area contributed by atoms with Crippen LogP contribution in [0.15, 0.2) is 92.8 Å². The summed E-state index contributed by atoms with van der Waals surface area (Å²) in [4.78, 5) is 0. The van der Waals surface area contributed by atoms with E-state index in [-0.39, 0.29) is 0 Å². The molecule has 0 aromatic heterocycles. The molecule has 0 bridgehead atoms. The fraction of sp³-hybridized carbons (Fsp3) is 0.267. The van der Waals surface area contributed by atoms with E-state index in [4.69, 9.17) is 0 Å². The molecule has 0 amide bonds. The second-order valence-electron chi connectivity index (χ2n) is 11.0. The van der Waals surface area contributed by atoms with Gasteiger partial charge < -0.3 is 0 Å². The van der Waals surface area contributed by atoms with E-state index < -0.39 is 17.4 Å². The van der Waals surface area contributed by atoms with Gasteiger partial charge in [-0.1, -0.05) is 0 Å². The van der Waals surface area contributed by atoms with Crippen LogP contribution in [0.1, 0.15) is 50.3 Å². The summed E-state index contributed by atoms with van der Waals surface area (Å²) in [5.41, 5.74) is 9.09. The summed E-state index contributed by atoms with van der Waals surface area (Å²) in [6.07, 6.45) is 2.66. The van der Waals surface area contributed by atoms with Crippen LogP contribution in [0.25, 0.3) is 14.1 Å². The molecule has 0 saturated carbocycles. The number of hydrogen-bond acceptors (Lipinski definition) is 0. The number of fused-ring (bicyclic) bond motifs is 2. The first kappa shape index (κ1) is 22.1. The van der Waals surface area contributed by atoms with Gasteiger partial charge in [0, 0.05) is 0 Å². The average Bonchev–Trinajstić information content (AvgIpc) is 3.24. The predicted molar refractivity (Wildman–Crippen MR) is 141 cm³/mol. The maximum atomic E-state index is 2.68. The van der Waals surface area contributed by atoms with Crippen molar-refractivity contribution < 1.29 is 17.4 Å². The molecule has 3 aromatic rings. The summed E-state index contributed by atoms with van der Waals surface area (Å²) in [6, 6.07) is 24.9. The number of hydrogen-bond donors (Lipinski definition) is 0. The molecule has 5 rings (SSSR count). The summed E-state index contributed by atoms with van der Waals surface area (Å²) < 4.78 is 8.83. The average molecular weight is 514 g/mol. The molecule has 32 heavy (non-hydrogen) atoms. The van der Waals surface area contributed by atoms with E-state index >= 15 is 0 Å². The number of rotatable bonds is 3. The summed E-state index contributed by atoms with van der Waals surface area (Å²) in [7, 11) is 0. The molecular formula is C30H34SiZr. The van der Waals surface area contributed by atoms with Crippen molar-refractivity contribution >= 4 is 20.9 Å². The summed E-state index contributed by atoms with van der Waals surface area (Å²) in [6.45, 7) is 11.9. The van der Waals surface area contributed by atoms with Crippen LogP contribution >= 0.6 is 0 Å². The van der Waals surface area contributed by atoms with Gasteiger partial charge in [0.1, 0.15) is 0 Å². The van der Waals surface area contributed by atoms with Crippen molar-refractivity contribution in [2.75, 3.05) is 0 Å². The first-order chi connectivity index (χ1) is 15.1. The summed E-state index contributed by atoms with van der Waals surface area (Å²) >= 11 is -3.46. The molecule has 3 aromatic carbocycles. The third kappa shape index (κ3) is 3.17. The number of benzene rings is 3. The van der Waals surface area contributed by atoms with Crippen LogP contribution in [0.3, 0.4) is 0 Å². The van der Waals surface area contributed by atoms with Crippen LogP contribution < -0.4 is 0 Å². The van der Waals surface area contributed by atoms with Crippen LogP contribution in [0.2, 0.25) is 9.26 Å². The monoisotopic (exact) mass is 512 g/mol. The Kier molecular flexibility index (Phi) is 5.08. The second-order valence-corrected chi connectivity index (χ2v) is 39.4. The molecule has 2 aliphatic rings. The minimum absolute atomic E-state index is 0.344. The molecular weight excluding hydrogens is 480 g/mol. The van der Waals surface area contributed by atoms with Crippen molar-refractivity contribution in [1.82, 2.24) is 0 Å². The van der Waals surface area contributed by atoms with Crippen molar-refractivity contribution in [3.05, 3.63) is 109 Å². The van der Waals surface area contributed by atoms with Crippen LogP contribution in [-0.2, 0) is 17.4 Å². The van der Waals surface area contributed by atoms with Crippen molar-refractivity contribution in [3.8, 4) is 0 Å². The van der Waals surface area contributed by atoms with Gasteiger partial charge in [0.15, 0.2) is 0 Å². The van der Waals surface area contributed by atoms with Gasteiger partial charge in [-0.2, -0.15) is 0 Å². The van der Waals surface area contributed by atoms with Gasteiger partial charge in [0.25, 0.3) is 0 Å². The van der Waals surface area contributed by atoms with Gasteiger partial charge >= 0.3 is 197 Å². The van der Waals surface area contributed by atoms with Crippen molar-refractivity contribution in [3.63, 3.8) is 0 Å². The third-order valence-corrected chi connectivity index (χ3v) is 24.5. The van der Waals surface area contributed by atoms with Gasteiger partial charge in [-0.25, -0.2) is 0 Å². The maximum absolute atomic E-state index is 3.46. The van der Waals surface area contributed by atoms with Crippen molar-refractivity contribution in [2.45, 2.75) is 42.9 Å². The molecule has 162 valence electrons. The number of allylic oxidation sites excluding steroid dienone is 5. The Hall–Kier alpha value is -1.76. The molecule has 2 atom stereocenters. The van der Waals surface area contributed by atoms with E-state index in [0.29, 0.717) is 11.8 Å². The second kappa shape index (κ2) is 7.37. The molecule has 0 aliphatic heterocycles. The third-order valence-electron chi connectivity index (χ3n) is 8.40. The van der Waals surface area contributed by atoms with E-state index in [1.165, 1.54) is 33.0 Å². The summed E-state index contributed by atoms with van der Waals surface area (Å²) in [5, 5.41) is 2.70. The Balaban J connectivity index is 1.80. The van der Waals surface area contributed by atoms with Gasteiger partial charge in [-0.3, -0.25) is 0 Å². The topological polar surface area (TPSA) is 0 Å². The Labute approximate surface area is 195 Å².